The molecule has 0 unspecified atom stereocenters. The van der Waals surface area contributed by atoms with Gasteiger partial charge in [0.05, 0.1) is 11.4 Å². The maximum absolute atomic E-state index is 12.8. The predicted molar refractivity (Wildman–Crippen MR) is 114 cm³/mol. The van der Waals surface area contributed by atoms with Crippen LogP contribution in [0.3, 0.4) is 0 Å². The van der Waals surface area contributed by atoms with Crippen molar-refractivity contribution in [1.29, 1.82) is 0 Å². The molecule has 2 aromatic carbocycles. The number of para-hydroxylation sites is 1. The molecule has 0 spiro atoms. The summed E-state index contributed by atoms with van der Waals surface area (Å²) in [5.41, 5.74) is 2.90. The van der Waals surface area contributed by atoms with Gasteiger partial charge in [-0.25, -0.2) is 8.42 Å². The van der Waals surface area contributed by atoms with Crippen molar-refractivity contribution in [3.63, 3.8) is 0 Å². The lowest BCUT2D eigenvalue weighted by atomic mass is 10.1. The van der Waals surface area contributed by atoms with Gasteiger partial charge in [-0.2, -0.15) is 4.31 Å². The Bertz CT molecular complexity index is 950. The fourth-order valence-corrected chi connectivity index (χ4v) is 5.32. The first-order valence-corrected chi connectivity index (χ1v) is 11.3. The molecule has 2 aromatic rings. The third kappa shape index (κ3) is 4.81. The molecule has 8 heteroatoms. The Kier molecular flexibility index (Phi) is 6.54. The van der Waals surface area contributed by atoms with Crippen molar-refractivity contribution in [3.8, 4) is 0 Å². The molecule has 0 saturated carbocycles. The van der Waals surface area contributed by atoms with Crippen LogP contribution in [0.15, 0.2) is 51.8 Å². The molecule has 1 saturated heterocycles. The van der Waals surface area contributed by atoms with Crippen molar-refractivity contribution in [2.24, 2.45) is 0 Å². The fourth-order valence-electron chi connectivity index (χ4n) is 3.30. The van der Waals surface area contributed by atoms with Crippen LogP contribution in [0.25, 0.3) is 0 Å². The molecule has 3 rings (SSSR count). The van der Waals surface area contributed by atoms with Gasteiger partial charge in [-0.15, -0.1) is 0 Å². The van der Waals surface area contributed by atoms with Gasteiger partial charge >= 0.3 is 0 Å². The van der Waals surface area contributed by atoms with Crippen molar-refractivity contribution in [2.75, 3.05) is 38.0 Å². The van der Waals surface area contributed by atoms with E-state index in [2.05, 4.69) is 21.2 Å². The van der Waals surface area contributed by atoms with Crippen LogP contribution in [0.4, 0.5) is 5.69 Å². The van der Waals surface area contributed by atoms with Gasteiger partial charge < -0.3 is 5.32 Å². The third-order valence-electron chi connectivity index (χ3n) is 4.88. The third-order valence-corrected chi connectivity index (χ3v) is 7.27. The molecule has 1 heterocycles. The van der Waals surface area contributed by atoms with Crippen molar-refractivity contribution < 1.29 is 13.2 Å². The number of nitrogens with one attached hydrogen (secondary N) is 1. The van der Waals surface area contributed by atoms with E-state index in [-0.39, 0.29) is 17.3 Å². The van der Waals surface area contributed by atoms with Crippen LogP contribution in [0.5, 0.6) is 0 Å². The first-order valence-electron chi connectivity index (χ1n) is 9.11. The minimum atomic E-state index is -3.52. The van der Waals surface area contributed by atoms with Crippen LogP contribution in [0.2, 0.25) is 0 Å². The second-order valence-corrected chi connectivity index (χ2v) is 9.81. The number of sulfonamides is 1. The van der Waals surface area contributed by atoms with E-state index in [9.17, 15) is 13.2 Å². The molecule has 0 atom stereocenters. The second-order valence-electron chi connectivity index (χ2n) is 6.95. The Morgan fingerprint density at radius 3 is 2.25 bits per heavy atom. The van der Waals surface area contributed by atoms with E-state index >= 15 is 0 Å². The number of halogens is 1. The lowest BCUT2D eigenvalue weighted by molar-refractivity contribution is -0.117. The quantitative estimate of drug-likeness (QED) is 0.736. The fraction of sp³-hybridized carbons (Fsp3) is 0.350. The van der Waals surface area contributed by atoms with Gasteiger partial charge in [0.2, 0.25) is 15.9 Å². The molecule has 28 heavy (non-hydrogen) atoms. The zero-order chi connectivity index (χ0) is 20.3. The van der Waals surface area contributed by atoms with Crippen LogP contribution in [-0.4, -0.2) is 56.3 Å². The zero-order valence-electron chi connectivity index (χ0n) is 16.0. The highest BCUT2D eigenvalue weighted by Crippen LogP contribution is 2.22. The SMILES string of the molecule is Cc1cccc(C)c1NC(=O)CN1CCN(S(=O)(=O)c2cccc(Br)c2)CC1. The molecule has 1 amide bonds. The number of rotatable bonds is 5. The van der Waals surface area contributed by atoms with Crippen molar-refractivity contribution >= 4 is 37.5 Å². The molecule has 0 aromatic heterocycles. The summed E-state index contributed by atoms with van der Waals surface area (Å²) in [7, 11) is -3.52. The Balaban J connectivity index is 1.57. The van der Waals surface area contributed by atoms with E-state index < -0.39 is 10.0 Å². The summed E-state index contributed by atoms with van der Waals surface area (Å²) < 4.78 is 27.8. The summed E-state index contributed by atoms with van der Waals surface area (Å²) in [6, 6.07) is 12.6. The van der Waals surface area contributed by atoms with E-state index in [0.29, 0.717) is 26.2 Å². The normalized spacial score (nSPS) is 16.1. The molecule has 0 bridgehead atoms. The summed E-state index contributed by atoms with van der Waals surface area (Å²) in [6.07, 6.45) is 0. The molecule has 1 aliphatic rings. The zero-order valence-corrected chi connectivity index (χ0v) is 18.4. The van der Waals surface area contributed by atoms with Crippen molar-refractivity contribution in [3.05, 3.63) is 58.1 Å². The summed E-state index contributed by atoms with van der Waals surface area (Å²) in [4.78, 5) is 14.7. The van der Waals surface area contributed by atoms with E-state index in [1.807, 2.05) is 36.9 Å². The van der Waals surface area contributed by atoms with Gasteiger partial charge in [-0.1, -0.05) is 40.2 Å². The summed E-state index contributed by atoms with van der Waals surface area (Å²) in [6.45, 7) is 5.96. The second kappa shape index (κ2) is 8.73. The average Bonchev–Trinajstić information content (AvgIpc) is 2.65. The largest absolute Gasteiger partial charge is 0.324 e. The molecule has 1 aliphatic heterocycles. The molecule has 0 aliphatic carbocycles. The van der Waals surface area contributed by atoms with Gasteiger partial charge in [0.1, 0.15) is 0 Å². The van der Waals surface area contributed by atoms with E-state index in [1.54, 1.807) is 24.3 Å². The standard InChI is InChI=1S/C20H24BrN3O3S/c1-15-5-3-6-16(2)20(15)22-19(25)14-23-9-11-24(12-10-23)28(26,27)18-8-4-7-17(21)13-18/h3-8,13H,9-12,14H2,1-2H3,(H,22,25). The molecule has 1 fully saturated rings. The van der Waals surface area contributed by atoms with E-state index in [1.165, 1.54) is 4.31 Å². The molecule has 6 nitrogen and oxygen atoms in total. The van der Waals surface area contributed by atoms with Gasteiger partial charge in [-0.05, 0) is 43.2 Å². The number of piperazine rings is 1. The summed E-state index contributed by atoms with van der Waals surface area (Å²) in [5, 5.41) is 2.98. The number of aryl methyl sites for hydroxylation is 2. The molecule has 1 N–H and O–H groups in total. The lowest BCUT2D eigenvalue weighted by Crippen LogP contribution is -2.50. The molecular weight excluding hydrogens is 442 g/mol. The average molecular weight is 466 g/mol. The van der Waals surface area contributed by atoms with Gasteiger partial charge in [0.15, 0.2) is 0 Å². The Morgan fingerprint density at radius 2 is 1.64 bits per heavy atom. The number of nitrogens with zero attached hydrogens (tertiary/aromatic N) is 2. The topological polar surface area (TPSA) is 69.7 Å². The maximum atomic E-state index is 12.8. The van der Waals surface area contributed by atoms with E-state index in [4.69, 9.17) is 0 Å². The molecule has 0 radical (unpaired) electrons. The lowest BCUT2D eigenvalue weighted by Gasteiger charge is -2.33. The Hall–Kier alpha value is -1.74. The number of carbonyl (C=O) groups excluding carboxylic acids is 1. The smallest absolute Gasteiger partial charge is 0.243 e. The van der Waals surface area contributed by atoms with Crippen molar-refractivity contribution in [2.45, 2.75) is 18.7 Å². The minimum absolute atomic E-state index is 0.0827. The first-order chi connectivity index (χ1) is 13.3. The maximum Gasteiger partial charge on any atom is 0.243 e. The monoisotopic (exact) mass is 465 g/mol. The highest BCUT2D eigenvalue weighted by molar-refractivity contribution is 9.10. The number of benzene rings is 2. The minimum Gasteiger partial charge on any atom is -0.324 e. The highest BCUT2D eigenvalue weighted by Gasteiger charge is 2.29. The van der Waals surface area contributed by atoms with Gasteiger partial charge in [0, 0.05) is 36.3 Å². The number of amides is 1. The number of carbonyl (C=O) groups is 1. The van der Waals surface area contributed by atoms with Crippen LogP contribution in [0.1, 0.15) is 11.1 Å². The van der Waals surface area contributed by atoms with Crippen LogP contribution < -0.4 is 5.32 Å². The first kappa shape index (κ1) is 21.0. The van der Waals surface area contributed by atoms with Crippen molar-refractivity contribution in [1.82, 2.24) is 9.21 Å². The van der Waals surface area contributed by atoms with E-state index in [0.717, 1.165) is 21.3 Å². The van der Waals surface area contributed by atoms with Crippen LogP contribution in [0, 0.1) is 13.8 Å². The number of anilines is 1. The summed E-state index contributed by atoms with van der Waals surface area (Å²) >= 11 is 3.32. The summed E-state index contributed by atoms with van der Waals surface area (Å²) in [5.74, 6) is -0.0827. The molecular formula is C20H24BrN3O3S. The predicted octanol–water partition coefficient (Wildman–Crippen LogP) is 3.01. The number of hydrogen-bond donors (Lipinski definition) is 1. The van der Waals surface area contributed by atoms with Gasteiger partial charge in [-0.3, -0.25) is 9.69 Å². The van der Waals surface area contributed by atoms with Crippen LogP contribution in [-0.2, 0) is 14.8 Å². The Labute approximate surface area is 174 Å². The Morgan fingerprint density at radius 1 is 1.04 bits per heavy atom. The number of hydrogen-bond acceptors (Lipinski definition) is 4. The van der Waals surface area contributed by atoms with Gasteiger partial charge in [0.25, 0.3) is 0 Å². The molecule has 150 valence electrons. The van der Waals surface area contributed by atoms with Crippen LogP contribution >= 0.6 is 15.9 Å². The highest BCUT2D eigenvalue weighted by atomic mass is 79.9.